The van der Waals surface area contributed by atoms with Gasteiger partial charge in [-0.2, -0.15) is 0 Å². The molecule has 2 rings (SSSR count). The smallest absolute Gasteiger partial charge is 0.239 e. The molecule has 1 aliphatic rings. The van der Waals surface area contributed by atoms with Gasteiger partial charge in [0.2, 0.25) is 5.91 Å². The van der Waals surface area contributed by atoms with Crippen molar-refractivity contribution in [3.63, 3.8) is 0 Å². The Bertz CT molecular complexity index is 504. The molecule has 0 radical (unpaired) electrons. The van der Waals surface area contributed by atoms with Crippen LogP contribution in [0.25, 0.3) is 0 Å². The fraction of sp³-hybridized carbons (Fsp3) is 0.706. The molecule has 1 aromatic rings. The fourth-order valence-electron chi connectivity index (χ4n) is 3.01. The van der Waals surface area contributed by atoms with Crippen molar-refractivity contribution in [1.82, 2.24) is 10.2 Å². The SMILES string of the molecule is CNCCC1CCN(CC(=O)Nc2sc(C)c(C)c2C)CC1. The van der Waals surface area contributed by atoms with Gasteiger partial charge in [0.25, 0.3) is 0 Å². The van der Waals surface area contributed by atoms with Gasteiger partial charge in [0.15, 0.2) is 0 Å². The first-order valence-corrected chi connectivity index (χ1v) is 9.06. The highest BCUT2D eigenvalue weighted by Gasteiger charge is 2.21. The number of rotatable bonds is 6. The zero-order valence-electron chi connectivity index (χ0n) is 14.3. The molecule has 1 saturated heterocycles. The van der Waals surface area contributed by atoms with E-state index in [1.165, 1.54) is 35.3 Å². The molecular weight excluding hydrogens is 294 g/mol. The van der Waals surface area contributed by atoms with Crippen molar-refractivity contribution in [2.75, 3.05) is 38.5 Å². The van der Waals surface area contributed by atoms with Crippen LogP contribution in [0.5, 0.6) is 0 Å². The molecule has 0 atom stereocenters. The molecule has 2 N–H and O–H groups in total. The van der Waals surface area contributed by atoms with Gasteiger partial charge in [0.1, 0.15) is 0 Å². The summed E-state index contributed by atoms with van der Waals surface area (Å²) in [5, 5.41) is 7.33. The highest BCUT2D eigenvalue weighted by Crippen LogP contribution is 2.31. The monoisotopic (exact) mass is 323 g/mol. The predicted octanol–water partition coefficient (Wildman–Crippen LogP) is 2.93. The van der Waals surface area contributed by atoms with Crippen molar-refractivity contribution in [2.45, 2.75) is 40.0 Å². The van der Waals surface area contributed by atoms with Crippen LogP contribution >= 0.6 is 11.3 Å². The molecule has 1 aliphatic heterocycles. The summed E-state index contributed by atoms with van der Waals surface area (Å²) in [4.78, 5) is 15.8. The molecule has 1 amide bonds. The minimum Gasteiger partial charge on any atom is -0.320 e. The normalized spacial score (nSPS) is 16.9. The summed E-state index contributed by atoms with van der Waals surface area (Å²) in [7, 11) is 2.01. The lowest BCUT2D eigenvalue weighted by molar-refractivity contribution is -0.117. The molecule has 5 heteroatoms. The summed E-state index contributed by atoms with van der Waals surface area (Å²) >= 11 is 1.68. The summed E-state index contributed by atoms with van der Waals surface area (Å²) in [6.07, 6.45) is 3.68. The minimum atomic E-state index is 0.123. The van der Waals surface area contributed by atoms with Crippen molar-refractivity contribution >= 4 is 22.2 Å². The molecule has 0 spiro atoms. The van der Waals surface area contributed by atoms with Crippen LogP contribution in [-0.2, 0) is 4.79 Å². The quantitative estimate of drug-likeness (QED) is 0.846. The van der Waals surface area contributed by atoms with Crippen LogP contribution < -0.4 is 10.6 Å². The molecule has 0 saturated carbocycles. The van der Waals surface area contributed by atoms with Crippen molar-refractivity contribution in [3.05, 3.63) is 16.0 Å². The number of likely N-dealkylation sites (tertiary alicyclic amines) is 1. The van der Waals surface area contributed by atoms with E-state index < -0.39 is 0 Å². The van der Waals surface area contributed by atoms with Gasteiger partial charge in [-0.1, -0.05) is 0 Å². The highest BCUT2D eigenvalue weighted by molar-refractivity contribution is 7.16. The Kier molecular flexibility index (Phi) is 6.41. The third-order valence-electron chi connectivity index (χ3n) is 4.82. The summed E-state index contributed by atoms with van der Waals surface area (Å²) in [6.45, 7) is 10.0. The first-order chi connectivity index (χ1) is 10.5. The van der Waals surface area contributed by atoms with Gasteiger partial charge < -0.3 is 10.6 Å². The zero-order valence-corrected chi connectivity index (χ0v) is 15.1. The van der Waals surface area contributed by atoms with E-state index in [0.717, 1.165) is 30.6 Å². The Morgan fingerprint density at radius 3 is 2.45 bits per heavy atom. The first-order valence-electron chi connectivity index (χ1n) is 8.24. The van der Waals surface area contributed by atoms with E-state index in [4.69, 9.17) is 0 Å². The lowest BCUT2D eigenvalue weighted by Crippen LogP contribution is -2.39. The highest BCUT2D eigenvalue weighted by atomic mass is 32.1. The van der Waals surface area contributed by atoms with Gasteiger partial charge in [-0.3, -0.25) is 9.69 Å². The number of amides is 1. The average molecular weight is 324 g/mol. The Morgan fingerprint density at radius 2 is 1.91 bits per heavy atom. The second kappa shape index (κ2) is 8.09. The minimum absolute atomic E-state index is 0.123. The molecule has 0 aromatic carbocycles. The number of hydrogen-bond acceptors (Lipinski definition) is 4. The molecule has 4 nitrogen and oxygen atoms in total. The van der Waals surface area contributed by atoms with E-state index in [-0.39, 0.29) is 5.91 Å². The number of hydrogen-bond donors (Lipinski definition) is 2. The number of carbonyl (C=O) groups excluding carboxylic acids is 1. The Morgan fingerprint density at radius 1 is 1.23 bits per heavy atom. The standard InChI is InChI=1S/C17H29N3OS/c1-12-13(2)17(22-14(12)3)19-16(21)11-20-9-6-15(7-10-20)5-8-18-4/h15,18H,5-11H2,1-4H3,(H,19,21). The third kappa shape index (κ3) is 4.54. The van der Waals surface area contributed by atoms with Crippen molar-refractivity contribution < 1.29 is 4.79 Å². The molecular formula is C17H29N3OS. The number of nitrogens with zero attached hydrogens (tertiary/aromatic N) is 1. The molecule has 0 bridgehead atoms. The van der Waals surface area contributed by atoms with Gasteiger partial charge in [-0.15, -0.1) is 11.3 Å². The first kappa shape index (κ1) is 17.4. The second-order valence-corrected chi connectivity index (χ2v) is 7.62. The molecule has 0 unspecified atom stereocenters. The van der Waals surface area contributed by atoms with Crippen molar-refractivity contribution in [1.29, 1.82) is 0 Å². The maximum absolute atomic E-state index is 12.3. The Hall–Kier alpha value is -0.910. The van der Waals surface area contributed by atoms with Gasteiger partial charge >= 0.3 is 0 Å². The molecule has 0 aliphatic carbocycles. The van der Waals surface area contributed by atoms with Gasteiger partial charge in [-0.25, -0.2) is 0 Å². The topological polar surface area (TPSA) is 44.4 Å². The van der Waals surface area contributed by atoms with E-state index >= 15 is 0 Å². The number of anilines is 1. The largest absolute Gasteiger partial charge is 0.320 e. The number of carbonyl (C=O) groups is 1. The van der Waals surface area contributed by atoms with E-state index in [1.807, 2.05) is 7.05 Å². The number of piperidine rings is 1. The second-order valence-electron chi connectivity index (χ2n) is 6.40. The van der Waals surface area contributed by atoms with E-state index in [1.54, 1.807) is 11.3 Å². The molecule has 1 aromatic heterocycles. The summed E-state index contributed by atoms with van der Waals surface area (Å²) in [6, 6.07) is 0. The molecule has 1 fully saturated rings. The van der Waals surface area contributed by atoms with Crippen LogP contribution in [0.3, 0.4) is 0 Å². The van der Waals surface area contributed by atoms with Crippen LogP contribution in [0, 0.1) is 26.7 Å². The lowest BCUT2D eigenvalue weighted by atomic mass is 9.93. The van der Waals surface area contributed by atoms with Crippen molar-refractivity contribution in [3.8, 4) is 0 Å². The van der Waals surface area contributed by atoms with E-state index in [2.05, 4.69) is 36.3 Å². The Balaban J connectivity index is 1.77. The van der Waals surface area contributed by atoms with Crippen LogP contribution in [0.1, 0.15) is 35.3 Å². The van der Waals surface area contributed by atoms with Gasteiger partial charge in [0.05, 0.1) is 11.5 Å². The van der Waals surface area contributed by atoms with Crippen LogP contribution in [0.4, 0.5) is 5.00 Å². The lowest BCUT2D eigenvalue weighted by Gasteiger charge is -2.31. The summed E-state index contributed by atoms with van der Waals surface area (Å²) in [5.74, 6) is 0.939. The summed E-state index contributed by atoms with van der Waals surface area (Å²) < 4.78 is 0. The third-order valence-corrected chi connectivity index (χ3v) is 6.04. The fourth-order valence-corrected chi connectivity index (χ4v) is 4.09. The van der Waals surface area contributed by atoms with Crippen LogP contribution in [0.2, 0.25) is 0 Å². The predicted molar refractivity (Wildman–Crippen MR) is 94.9 cm³/mol. The zero-order chi connectivity index (χ0) is 16.1. The maximum atomic E-state index is 12.3. The van der Waals surface area contributed by atoms with E-state index in [0.29, 0.717) is 6.54 Å². The van der Waals surface area contributed by atoms with Gasteiger partial charge in [0, 0.05) is 4.88 Å². The van der Waals surface area contributed by atoms with E-state index in [9.17, 15) is 4.79 Å². The van der Waals surface area contributed by atoms with Gasteiger partial charge in [-0.05, 0) is 83.8 Å². The number of thiophene rings is 1. The molecule has 22 heavy (non-hydrogen) atoms. The molecule has 124 valence electrons. The average Bonchev–Trinajstić information content (AvgIpc) is 2.74. The van der Waals surface area contributed by atoms with Crippen LogP contribution in [-0.4, -0.2) is 44.0 Å². The van der Waals surface area contributed by atoms with Crippen LogP contribution in [0.15, 0.2) is 0 Å². The number of nitrogens with one attached hydrogen (secondary N) is 2. The Labute approximate surface area is 138 Å². The number of aryl methyl sites for hydroxylation is 1. The summed E-state index contributed by atoms with van der Waals surface area (Å²) in [5.41, 5.74) is 2.51. The van der Waals surface area contributed by atoms with Crippen molar-refractivity contribution in [2.24, 2.45) is 5.92 Å². The molecule has 2 heterocycles. The maximum Gasteiger partial charge on any atom is 0.239 e.